The van der Waals surface area contributed by atoms with Gasteiger partial charge in [-0.25, -0.2) is 4.79 Å². The van der Waals surface area contributed by atoms with Crippen LogP contribution in [0.25, 0.3) is 16.6 Å². The summed E-state index contributed by atoms with van der Waals surface area (Å²) >= 11 is 6.73. The van der Waals surface area contributed by atoms with Crippen LogP contribution < -0.4 is 4.90 Å². The number of hydrogen-bond acceptors (Lipinski definition) is 5. The summed E-state index contributed by atoms with van der Waals surface area (Å²) in [5, 5.41) is 13.3. The fourth-order valence-corrected chi connectivity index (χ4v) is 4.41. The molecule has 0 atom stereocenters. The summed E-state index contributed by atoms with van der Waals surface area (Å²) in [5.41, 5.74) is 1.78. The van der Waals surface area contributed by atoms with Crippen LogP contribution in [0, 0.1) is 22.0 Å². The predicted octanol–water partition coefficient (Wildman–Crippen LogP) is 6.49. The average molecular weight is 472 g/mol. The van der Waals surface area contributed by atoms with E-state index < -0.39 is 10.9 Å². The molecule has 0 saturated carbocycles. The smallest absolute Gasteiger partial charge is 0.355 e. The van der Waals surface area contributed by atoms with Gasteiger partial charge in [0.2, 0.25) is 0 Å². The van der Waals surface area contributed by atoms with Gasteiger partial charge in [-0.1, -0.05) is 57.5 Å². The van der Waals surface area contributed by atoms with Crippen LogP contribution in [0.4, 0.5) is 11.4 Å². The molecular weight excluding hydrogens is 442 g/mol. The number of halogens is 1. The normalized spacial score (nSPS) is 11.4. The van der Waals surface area contributed by atoms with Crippen molar-refractivity contribution >= 4 is 39.8 Å². The molecule has 0 saturated heterocycles. The highest BCUT2D eigenvalue weighted by molar-refractivity contribution is 6.34. The van der Waals surface area contributed by atoms with E-state index in [9.17, 15) is 14.9 Å². The van der Waals surface area contributed by atoms with Crippen molar-refractivity contribution in [3.63, 3.8) is 0 Å². The molecule has 0 fully saturated rings. The number of rotatable bonds is 9. The van der Waals surface area contributed by atoms with Gasteiger partial charge in [0.1, 0.15) is 11.4 Å². The number of hydrogen-bond donors (Lipinski definition) is 0. The number of ether oxygens (including phenoxy) is 1. The van der Waals surface area contributed by atoms with Crippen molar-refractivity contribution in [2.75, 3.05) is 24.6 Å². The Morgan fingerprint density at radius 1 is 1.12 bits per heavy atom. The van der Waals surface area contributed by atoms with E-state index in [4.69, 9.17) is 16.3 Å². The quantitative estimate of drug-likeness (QED) is 0.202. The maximum absolute atomic E-state index is 12.7. The van der Waals surface area contributed by atoms with Crippen molar-refractivity contribution in [3.8, 4) is 5.69 Å². The standard InChI is InChI=1S/C25H30ClN3O4/c1-6-33-25(30)23-11-18-9-7-8-10-21(18)28(23)19-12-20(26)24(22(13-19)29(31)32)27(14-16(2)3)15-17(4)5/h7-13,16-17H,6,14-15H2,1-5H3. The van der Waals surface area contributed by atoms with Gasteiger partial charge in [-0.15, -0.1) is 0 Å². The number of fused-ring (bicyclic) bond motifs is 1. The second-order valence-corrected chi connectivity index (χ2v) is 9.30. The number of carbonyl (C=O) groups is 1. The lowest BCUT2D eigenvalue weighted by atomic mass is 10.1. The van der Waals surface area contributed by atoms with Gasteiger partial charge in [-0.2, -0.15) is 0 Å². The summed E-state index contributed by atoms with van der Waals surface area (Å²) in [7, 11) is 0. The molecule has 7 nitrogen and oxygen atoms in total. The minimum atomic E-state index is -0.502. The van der Waals surface area contributed by atoms with E-state index in [-0.39, 0.29) is 23.0 Å². The lowest BCUT2D eigenvalue weighted by Gasteiger charge is -2.29. The van der Waals surface area contributed by atoms with Gasteiger partial charge in [-0.05, 0) is 37.0 Å². The molecule has 33 heavy (non-hydrogen) atoms. The van der Waals surface area contributed by atoms with Gasteiger partial charge < -0.3 is 14.2 Å². The van der Waals surface area contributed by atoms with E-state index in [2.05, 4.69) is 27.7 Å². The first-order valence-electron chi connectivity index (χ1n) is 11.1. The molecular formula is C25H30ClN3O4. The molecule has 0 aliphatic rings. The Morgan fingerprint density at radius 2 is 1.76 bits per heavy atom. The predicted molar refractivity (Wildman–Crippen MR) is 133 cm³/mol. The lowest BCUT2D eigenvalue weighted by Crippen LogP contribution is -2.32. The molecule has 3 aromatic rings. The van der Waals surface area contributed by atoms with E-state index in [0.29, 0.717) is 36.3 Å². The van der Waals surface area contributed by atoms with Crippen LogP contribution in [0.15, 0.2) is 42.5 Å². The Hall–Kier alpha value is -3.06. The molecule has 1 heterocycles. The maximum atomic E-state index is 12.7. The topological polar surface area (TPSA) is 77.6 Å². The largest absolute Gasteiger partial charge is 0.461 e. The SMILES string of the molecule is CCOC(=O)c1cc2ccccc2n1-c1cc(Cl)c(N(CC(C)C)CC(C)C)c([N+](=O)[O-])c1. The zero-order valence-electron chi connectivity index (χ0n) is 19.7. The summed E-state index contributed by atoms with van der Waals surface area (Å²) in [4.78, 5) is 26.5. The van der Waals surface area contributed by atoms with Crippen LogP contribution in [0.1, 0.15) is 45.1 Å². The number of para-hydroxylation sites is 1. The number of nitro benzene ring substituents is 1. The highest BCUT2D eigenvalue weighted by Crippen LogP contribution is 2.40. The molecule has 176 valence electrons. The van der Waals surface area contributed by atoms with Crippen LogP contribution in [-0.4, -0.2) is 35.2 Å². The van der Waals surface area contributed by atoms with Crippen molar-refractivity contribution in [2.45, 2.75) is 34.6 Å². The first-order chi connectivity index (χ1) is 15.6. The van der Waals surface area contributed by atoms with Crippen LogP contribution in [0.5, 0.6) is 0 Å². The van der Waals surface area contributed by atoms with E-state index in [0.717, 1.165) is 10.9 Å². The molecule has 0 bridgehead atoms. The van der Waals surface area contributed by atoms with Gasteiger partial charge >= 0.3 is 5.97 Å². The Kier molecular flexibility index (Phi) is 7.64. The molecule has 0 N–H and O–H groups in total. The first-order valence-corrected chi connectivity index (χ1v) is 11.5. The van der Waals surface area contributed by atoms with E-state index >= 15 is 0 Å². The van der Waals surface area contributed by atoms with Crippen LogP contribution >= 0.6 is 11.6 Å². The number of nitro groups is 1. The highest BCUT2D eigenvalue weighted by Gasteiger charge is 2.27. The van der Waals surface area contributed by atoms with Gasteiger partial charge in [0.05, 0.1) is 27.8 Å². The number of esters is 1. The van der Waals surface area contributed by atoms with Crippen molar-refractivity contribution in [1.82, 2.24) is 4.57 Å². The lowest BCUT2D eigenvalue weighted by molar-refractivity contribution is -0.384. The molecule has 3 rings (SSSR count). The fourth-order valence-electron chi connectivity index (χ4n) is 4.08. The van der Waals surface area contributed by atoms with Gasteiger partial charge in [-0.3, -0.25) is 10.1 Å². The number of benzene rings is 2. The Morgan fingerprint density at radius 3 is 2.33 bits per heavy atom. The van der Waals surface area contributed by atoms with E-state index in [1.807, 2.05) is 29.2 Å². The first kappa shape index (κ1) is 24.6. The van der Waals surface area contributed by atoms with Crippen LogP contribution in [0.2, 0.25) is 5.02 Å². The summed E-state index contributed by atoms with van der Waals surface area (Å²) in [6.07, 6.45) is 0. The minimum Gasteiger partial charge on any atom is -0.461 e. The molecule has 2 aromatic carbocycles. The molecule has 0 amide bonds. The molecule has 0 aliphatic carbocycles. The number of anilines is 1. The Labute approximate surface area is 199 Å². The van der Waals surface area contributed by atoms with E-state index in [1.54, 1.807) is 23.6 Å². The summed E-state index contributed by atoms with van der Waals surface area (Å²) in [5.74, 6) is 0.0867. The molecule has 0 spiro atoms. The van der Waals surface area contributed by atoms with Gasteiger partial charge in [0.15, 0.2) is 0 Å². The van der Waals surface area contributed by atoms with Gasteiger partial charge in [0.25, 0.3) is 5.69 Å². The second-order valence-electron chi connectivity index (χ2n) is 8.89. The van der Waals surface area contributed by atoms with Crippen molar-refractivity contribution in [1.29, 1.82) is 0 Å². The molecule has 1 aromatic heterocycles. The number of nitrogens with zero attached hydrogens (tertiary/aromatic N) is 3. The average Bonchev–Trinajstić information content (AvgIpc) is 3.12. The third-order valence-electron chi connectivity index (χ3n) is 5.17. The molecule has 8 heteroatoms. The zero-order chi connectivity index (χ0) is 24.3. The maximum Gasteiger partial charge on any atom is 0.355 e. The molecule has 0 unspecified atom stereocenters. The van der Waals surface area contributed by atoms with Crippen LogP contribution in [0.3, 0.4) is 0 Å². The fraction of sp³-hybridized carbons (Fsp3) is 0.400. The highest BCUT2D eigenvalue weighted by atomic mass is 35.5. The Balaban J connectivity index is 2.26. The Bertz CT molecular complexity index is 1160. The summed E-state index contributed by atoms with van der Waals surface area (Å²) < 4.78 is 6.91. The number of aromatic nitrogens is 1. The monoisotopic (exact) mass is 471 g/mol. The molecule has 0 aliphatic heterocycles. The van der Waals surface area contributed by atoms with Crippen molar-refractivity contribution in [2.24, 2.45) is 11.8 Å². The third-order valence-corrected chi connectivity index (χ3v) is 5.45. The minimum absolute atomic E-state index is 0.0913. The number of carbonyl (C=O) groups excluding carboxylic acids is 1. The van der Waals surface area contributed by atoms with E-state index in [1.165, 1.54) is 6.07 Å². The van der Waals surface area contributed by atoms with Gasteiger partial charge in [0, 0.05) is 24.5 Å². The van der Waals surface area contributed by atoms with Crippen molar-refractivity contribution in [3.05, 3.63) is 63.3 Å². The third kappa shape index (κ3) is 5.30. The van der Waals surface area contributed by atoms with Crippen LogP contribution in [-0.2, 0) is 4.74 Å². The zero-order valence-corrected chi connectivity index (χ0v) is 20.4. The molecule has 0 radical (unpaired) electrons. The summed E-state index contributed by atoms with van der Waals surface area (Å²) in [6, 6.07) is 12.4. The van der Waals surface area contributed by atoms with Crippen molar-refractivity contribution < 1.29 is 14.5 Å². The summed E-state index contributed by atoms with van der Waals surface area (Å²) in [6.45, 7) is 11.5. The second kappa shape index (κ2) is 10.3.